The molecule has 3 rings (SSSR count). The molecule has 31 heavy (non-hydrogen) atoms. The third kappa shape index (κ3) is 5.79. The molecule has 9 heteroatoms. The molecule has 0 aliphatic heterocycles. The predicted molar refractivity (Wildman–Crippen MR) is 122 cm³/mol. The highest BCUT2D eigenvalue weighted by atomic mass is 32.2. The van der Waals surface area contributed by atoms with E-state index in [2.05, 4.69) is 25.8 Å². The van der Waals surface area contributed by atoms with Crippen LogP contribution in [0.2, 0.25) is 0 Å². The Kier molecular flexibility index (Phi) is 7.19. The topological polar surface area (TPSA) is 117 Å². The lowest BCUT2D eigenvalue weighted by Gasteiger charge is -2.12. The molecule has 0 aliphatic carbocycles. The zero-order valence-electron chi connectivity index (χ0n) is 17.4. The summed E-state index contributed by atoms with van der Waals surface area (Å²) in [5.41, 5.74) is 2.23. The Hall–Kier alpha value is -3.46. The van der Waals surface area contributed by atoms with Crippen LogP contribution in [0.25, 0.3) is 11.3 Å². The van der Waals surface area contributed by atoms with Gasteiger partial charge < -0.3 is 10.6 Å². The first-order valence-electron chi connectivity index (χ1n) is 9.77. The largest absolute Gasteiger partial charge is 0.325 e. The second kappa shape index (κ2) is 10.0. The molecule has 2 aromatic carbocycles. The van der Waals surface area contributed by atoms with Crippen molar-refractivity contribution in [3.8, 4) is 11.3 Å². The Labute approximate surface area is 183 Å². The lowest BCUT2D eigenvalue weighted by atomic mass is 10.1. The molecule has 1 heterocycles. The highest BCUT2D eigenvalue weighted by molar-refractivity contribution is 8.00. The number of H-pyrrole nitrogens is 1. The number of carbonyl (C=O) groups is 2. The molecule has 0 spiro atoms. The molecule has 3 N–H and O–H groups in total. The Morgan fingerprint density at radius 2 is 1.84 bits per heavy atom. The van der Waals surface area contributed by atoms with Crippen LogP contribution >= 0.6 is 11.8 Å². The normalized spacial score (nSPS) is 11.6. The number of hydrogen-bond donors (Lipinski definition) is 3. The molecule has 0 radical (unpaired) electrons. The van der Waals surface area contributed by atoms with Gasteiger partial charge in [0.05, 0.1) is 10.9 Å². The van der Waals surface area contributed by atoms with Gasteiger partial charge in [0.2, 0.25) is 11.8 Å². The average Bonchev–Trinajstić information content (AvgIpc) is 2.75. The lowest BCUT2D eigenvalue weighted by molar-refractivity contribution is -0.116. The van der Waals surface area contributed by atoms with Crippen molar-refractivity contribution in [2.75, 3.05) is 10.6 Å². The maximum Gasteiger partial charge on any atom is 0.278 e. The molecule has 0 unspecified atom stereocenters. The van der Waals surface area contributed by atoms with Gasteiger partial charge >= 0.3 is 0 Å². The fourth-order valence-corrected chi connectivity index (χ4v) is 3.48. The van der Waals surface area contributed by atoms with E-state index in [0.29, 0.717) is 23.4 Å². The van der Waals surface area contributed by atoms with Crippen LogP contribution < -0.4 is 16.2 Å². The number of aromatic nitrogens is 3. The summed E-state index contributed by atoms with van der Waals surface area (Å²) < 4.78 is 0. The van der Waals surface area contributed by atoms with Crippen LogP contribution in [0.3, 0.4) is 0 Å². The van der Waals surface area contributed by atoms with Crippen LogP contribution in [-0.4, -0.2) is 32.2 Å². The van der Waals surface area contributed by atoms with E-state index in [0.717, 1.165) is 17.3 Å². The number of carbonyl (C=O) groups excluding carboxylic acids is 2. The molecule has 0 saturated heterocycles. The number of benzene rings is 2. The maximum atomic E-state index is 12.7. The second-order valence-electron chi connectivity index (χ2n) is 6.87. The Balaban J connectivity index is 1.79. The number of amides is 2. The quantitative estimate of drug-likeness (QED) is 0.486. The monoisotopic (exact) mass is 437 g/mol. The predicted octanol–water partition coefficient (Wildman–Crippen LogP) is 3.61. The molecule has 3 aromatic rings. The van der Waals surface area contributed by atoms with E-state index in [1.165, 1.54) is 0 Å². The number of rotatable bonds is 7. The summed E-state index contributed by atoms with van der Waals surface area (Å²) in [6.45, 7) is 5.35. The van der Waals surface area contributed by atoms with Crippen LogP contribution in [-0.2, 0) is 9.59 Å². The standard InChI is InChI=1S/C22H23N5O3S/c1-4-18(28)24-17-11-10-13(2)12-16(17)19-21(30)25-22(27-26-19)31-14(3)20(29)23-15-8-6-5-7-9-15/h5-12,14H,4H2,1-3H3,(H,23,29)(H,24,28)(H,25,27,30)/t14-/m1/s1. The van der Waals surface area contributed by atoms with E-state index in [4.69, 9.17) is 0 Å². The summed E-state index contributed by atoms with van der Waals surface area (Å²) >= 11 is 1.10. The van der Waals surface area contributed by atoms with Gasteiger partial charge in [-0.1, -0.05) is 48.5 Å². The third-order valence-corrected chi connectivity index (χ3v) is 5.38. The average molecular weight is 438 g/mol. The van der Waals surface area contributed by atoms with Gasteiger partial charge in [0.1, 0.15) is 0 Å². The summed E-state index contributed by atoms with van der Waals surface area (Å²) in [5, 5.41) is 13.5. The van der Waals surface area contributed by atoms with Crippen molar-refractivity contribution < 1.29 is 9.59 Å². The van der Waals surface area contributed by atoms with Gasteiger partial charge in [0.25, 0.3) is 5.56 Å². The van der Waals surface area contributed by atoms with Crippen LogP contribution in [0.5, 0.6) is 0 Å². The van der Waals surface area contributed by atoms with Crippen molar-refractivity contribution in [3.63, 3.8) is 0 Å². The number of thioether (sulfide) groups is 1. The van der Waals surface area contributed by atoms with E-state index < -0.39 is 10.8 Å². The van der Waals surface area contributed by atoms with Gasteiger partial charge in [0.15, 0.2) is 10.9 Å². The summed E-state index contributed by atoms with van der Waals surface area (Å²) in [5.74, 6) is -0.383. The Morgan fingerprint density at radius 1 is 1.10 bits per heavy atom. The summed E-state index contributed by atoms with van der Waals surface area (Å²) in [6, 6.07) is 14.5. The molecular formula is C22H23N5O3S. The van der Waals surface area contributed by atoms with E-state index in [9.17, 15) is 14.4 Å². The van der Waals surface area contributed by atoms with Gasteiger partial charge in [-0.05, 0) is 38.1 Å². The van der Waals surface area contributed by atoms with E-state index in [1.807, 2.05) is 31.2 Å². The molecule has 0 saturated carbocycles. The first-order valence-corrected chi connectivity index (χ1v) is 10.7. The van der Waals surface area contributed by atoms with Crippen molar-refractivity contribution in [2.45, 2.75) is 37.6 Å². The molecule has 2 amide bonds. The number of nitrogens with zero attached hydrogens (tertiary/aromatic N) is 2. The Bertz CT molecular complexity index is 1150. The number of hydrogen-bond acceptors (Lipinski definition) is 6. The van der Waals surface area contributed by atoms with Crippen molar-refractivity contribution >= 4 is 35.0 Å². The molecule has 0 fully saturated rings. The van der Waals surface area contributed by atoms with Crippen LogP contribution in [0.1, 0.15) is 25.8 Å². The molecule has 1 aromatic heterocycles. The fraction of sp³-hybridized carbons (Fsp3) is 0.227. The minimum Gasteiger partial charge on any atom is -0.325 e. The number of aromatic amines is 1. The van der Waals surface area contributed by atoms with E-state index in [-0.39, 0.29) is 22.7 Å². The van der Waals surface area contributed by atoms with Crippen LogP contribution in [0.15, 0.2) is 58.5 Å². The Morgan fingerprint density at radius 3 is 2.52 bits per heavy atom. The molecule has 160 valence electrons. The second-order valence-corrected chi connectivity index (χ2v) is 8.20. The lowest BCUT2D eigenvalue weighted by Crippen LogP contribution is -2.23. The van der Waals surface area contributed by atoms with Crippen molar-refractivity contribution in [1.82, 2.24) is 15.2 Å². The summed E-state index contributed by atoms with van der Waals surface area (Å²) in [4.78, 5) is 39.6. The number of aryl methyl sites for hydroxylation is 1. The smallest absolute Gasteiger partial charge is 0.278 e. The first-order chi connectivity index (χ1) is 14.9. The zero-order chi connectivity index (χ0) is 22.4. The fourth-order valence-electron chi connectivity index (χ4n) is 2.74. The maximum absolute atomic E-state index is 12.7. The number of anilines is 2. The van der Waals surface area contributed by atoms with Crippen LogP contribution in [0.4, 0.5) is 11.4 Å². The minimum absolute atomic E-state index is 0.0980. The number of para-hydroxylation sites is 1. The van der Waals surface area contributed by atoms with Gasteiger partial charge in [0, 0.05) is 17.7 Å². The summed E-state index contributed by atoms with van der Waals surface area (Å²) in [6.07, 6.45) is 0.313. The van der Waals surface area contributed by atoms with Crippen LogP contribution in [0, 0.1) is 6.92 Å². The van der Waals surface area contributed by atoms with Gasteiger partial charge in [-0.2, -0.15) is 0 Å². The minimum atomic E-state index is -0.505. The van der Waals surface area contributed by atoms with Gasteiger partial charge in [-0.25, -0.2) is 0 Å². The molecule has 1 atom stereocenters. The van der Waals surface area contributed by atoms with E-state index in [1.54, 1.807) is 38.1 Å². The van der Waals surface area contributed by atoms with Crippen molar-refractivity contribution in [1.29, 1.82) is 0 Å². The highest BCUT2D eigenvalue weighted by Crippen LogP contribution is 2.26. The van der Waals surface area contributed by atoms with Crippen molar-refractivity contribution in [3.05, 3.63) is 64.4 Å². The number of nitrogens with one attached hydrogen (secondary N) is 3. The van der Waals surface area contributed by atoms with E-state index >= 15 is 0 Å². The zero-order valence-corrected chi connectivity index (χ0v) is 18.2. The molecule has 8 nitrogen and oxygen atoms in total. The molecule has 0 bridgehead atoms. The molecule has 0 aliphatic rings. The molecular weight excluding hydrogens is 414 g/mol. The third-order valence-electron chi connectivity index (χ3n) is 4.40. The first kappa shape index (κ1) is 22.2. The van der Waals surface area contributed by atoms with Gasteiger partial charge in [-0.15, -0.1) is 10.2 Å². The SMILES string of the molecule is CCC(=O)Nc1ccc(C)cc1-c1nnc(S[C@H](C)C(=O)Nc2ccccc2)[nH]c1=O. The summed E-state index contributed by atoms with van der Waals surface area (Å²) in [7, 11) is 0. The van der Waals surface area contributed by atoms with Crippen molar-refractivity contribution in [2.24, 2.45) is 0 Å². The highest BCUT2D eigenvalue weighted by Gasteiger charge is 2.18. The van der Waals surface area contributed by atoms with Gasteiger partial charge in [-0.3, -0.25) is 19.4 Å².